The Morgan fingerprint density at radius 1 is 1.08 bits per heavy atom. The lowest BCUT2D eigenvalue weighted by atomic mass is 10.0. The summed E-state index contributed by atoms with van der Waals surface area (Å²) in [6.07, 6.45) is 6.04. The number of benzene rings is 1. The van der Waals surface area contributed by atoms with E-state index >= 15 is 0 Å². The highest BCUT2D eigenvalue weighted by atomic mass is 16.5. The van der Waals surface area contributed by atoms with Gasteiger partial charge in [-0.05, 0) is 50.6 Å². The molecule has 25 heavy (non-hydrogen) atoms. The van der Waals surface area contributed by atoms with Gasteiger partial charge in [0, 0.05) is 12.7 Å². The van der Waals surface area contributed by atoms with Crippen LogP contribution >= 0.6 is 0 Å². The molecule has 0 bridgehead atoms. The fraction of sp³-hybridized carbons (Fsp3) is 0.476. The Morgan fingerprint density at radius 3 is 2.68 bits per heavy atom. The number of piperidine rings is 1. The van der Waals surface area contributed by atoms with E-state index in [2.05, 4.69) is 52.0 Å². The van der Waals surface area contributed by atoms with Crippen LogP contribution < -0.4 is 9.64 Å². The van der Waals surface area contributed by atoms with Gasteiger partial charge in [0.05, 0.1) is 12.6 Å². The zero-order chi connectivity index (χ0) is 17.1. The van der Waals surface area contributed by atoms with Crippen LogP contribution in [0.3, 0.4) is 0 Å². The molecule has 0 spiro atoms. The fourth-order valence-corrected chi connectivity index (χ4v) is 4.03. The van der Waals surface area contributed by atoms with Crippen LogP contribution in [-0.2, 0) is 0 Å². The minimum atomic E-state index is 0.171. The van der Waals surface area contributed by atoms with E-state index in [0.29, 0.717) is 6.04 Å². The summed E-state index contributed by atoms with van der Waals surface area (Å²) >= 11 is 0. The summed E-state index contributed by atoms with van der Waals surface area (Å²) in [5.74, 6) is 1.88. The average molecular weight is 337 g/mol. The van der Waals surface area contributed by atoms with Gasteiger partial charge in [-0.25, -0.2) is 4.98 Å². The molecule has 2 unspecified atom stereocenters. The minimum absolute atomic E-state index is 0.171. The number of hydrogen-bond acceptors (Lipinski definition) is 4. The summed E-state index contributed by atoms with van der Waals surface area (Å²) in [5, 5.41) is 0. The Labute approximate surface area is 150 Å². The van der Waals surface area contributed by atoms with Crippen molar-refractivity contribution in [2.24, 2.45) is 0 Å². The number of ether oxygens (including phenoxy) is 1. The Kier molecular flexibility index (Phi) is 4.88. The largest absolute Gasteiger partial charge is 0.485 e. The quantitative estimate of drug-likeness (QED) is 0.846. The monoisotopic (exact) mass is 337 g/mol. The van der Waals surface area contributed by atoms with Crippen molar-refractivity contribution >= 4 is 5.82 Å². The number of fused-ring (bicyclic) bond motifs is 1. The van der Waals surface area contributed by atoms with Crippen LogP contribution in [0.1, 0.15) is 37.8 Å². The number of aromatic nitrogens is 1. The highest BCUT2D eigenvalue weighted by Gasteiger charge is 2.31. The highest BCUT2D eigenvalue weighted by Crippen LogP contribution is 2.37. The minimum Gasteiger partial charge on any atom is -0.485 e. The van der Waals surface area contributed by atoms with E-state index in [0.717, 1.165) is 24.7 Å². The summed E-state index contributed by atoms with van der Waals surface area (Å²) in [5.41, 5.74) is 1.36. The molecule has 4 heteroatoms. The summed E-state index contributed by atoms with van der Waals surface area (Å²) in [7, 11) is 0. The van der Waals surface area contributed by atoms with Crippen molar-refractivity contribution < 1.29 is 4.74 Å². The first-order chi connectivity index (χ1) is 12.3. The maximum Gasteiger partial charge on any atom is 0.172 e. The molecular formula is C21H27N3O. The molecule has 1 aromatic heterocycles. The third-order valence-corrected chi connectivity index (χ3v) is 5.25. The fourth-order valence-electron chi connectivity index (χ4n) is 4.03. The van der Waals surface area contributed by atoms with Gasteiger partial charge in [-0.15, -0.1) is 0 Å². The van der Waals surface area contributed by atoms with E-state index in [1.54, 1.807) is 0 Å². The van der Waals surface area contributed by atoms with Crippen LogP contribution in [0.4, 0.5) is 5.82 Å². The molecule has 4 rings (SSSR count). The van der Waals surface area contributed by atoms with Crippen LogP contribution in [0.5, 0.6) is 5.75 Å². The van der Waals surface area contributed by atoms with Crippen LogP contribution in [-0.4, -0.2) is 42.2 Å². The first-order valence-electron chi connectivity index (χ1n) is 9.47. The number of nitrogens with zero attached hydrogens (tertiary/aromatic N) is 3. The number of hydrogen-bond donors (Lipinski definition) is 0. The van der Waals surface area contributed by atoms with Gasteiger partial charge in [-0.2, -0.15) is 0 Å². The topological polar surface area (TPSA) is 28.6 Å². The van der Waals surface area contributed by atoms with Crippen molar-refractivity contribution in [3.8, 4) is 5.75 Å². The van der Waals surface area contributed by atoms with E-state index in [-0.39, 0.29) is 6.10 Å². The second-order valence-electron chi connectivity index (χ2n) is 7.19. The molecule has 2 aliphatic rings. The predicted octanol–water partition coefficient (Wildman–Crippen LogP) is 3.90. The second kappa shape index (κ2) is 7.44. The Hall–Kier alpha value is -2.07. The molecule has 3 heterocycles. The van der Waals surface area contributed by atoms with Gasteiger partial charge < -0.3 is 14.5 Å². The van der Waals surface area contributed by atoms with Gasteiger partial charge >= 0.3 is 0 Å². The van der Waals surface area contributed by atoms with Crippen LogP contribution in [0, 0.1) is 0 Å². The normalized spacial score (nSPS) is 22.1. The van der Waals surface area contributed by atoms with E-state index in [4.69, 9.17) is 4.74 Å². The Bertz CT molecular complexity index is 685. The first-order valence-corrected chi connectivity index (χ1v) is 9.47. The van der Waals surface area contributed by atoms with Crippen LogP contribution in [0.25, 0.3) is 0 Å². The maximum atomic E-state index is 6.02. The van der Waals surface area contributed by atoms with Gasteiger partial charge in [-0.3, -0.25) is 0 Å². The lowest BCUT2D eigenvalue weighted by molar-refractivity contribution is 0.184. The summed E-state index contributed by atoms with van der Waals surface area (Å²) in [6, 6.07) is 15.2. The van der Waals surface area contributed by atoms with Crippen molar-refractivity contribution in [1.82, 2.24) is 9.88 Å². The van der Waals surface area contributed by atoms with Crippen molar-refractivity contribution in [1.29, 1.82) is 0 Å². The van der Waals surface area contributed by atoms with E-state index in [1.165, 1.54) is 37.9 Å². The number of likely N-dealkylation sites (tertiary alicyclic amines) is 1. The van der Waals surface area contributed by atoms with Crippen molar-refractivity contribution in [3.63, 3.8) is 0 Å². The number of anilines is 1. The predicted molar refractivity (Wildman–Crippen MR) is 101 cm³/mol. The molecule has 132 valence electrons. The van der Waals surface area contributed by atoms with Crippen molar-refractivity contribution in [2.45, 2.75) is 38.3 Å². The second-order valence-corrected chi connectivity index (χ2v) is 7.19. The summed E-state index contributed by atoms with van der Waals surface area (Å²) < 4.78 is 6.02. The maximum absolute atomic E-state index is 6.02. The Morgan fingerprint density at radius 2 is 1.88 bits per heavy atom. The van der Waals surface area contributed by atoms with E-state index in [1.807, 2.05) is 18.3 Å². The molecule has 2 aliphatic heterocycles. The van der Waals surface area contributed by atoms with Crippen LogP contribution in [0.15, 0.2) is 48.7 Å². The lowest BCUT2D eigenvalue weighted by Crippen LogP contribution is -2.46. The van der Waals surface area contributed by atoms with Crippen molar-refractivity contribution in [3.05, 3.63) is 54.2 Å². The molecule has 2 aromatic rings. The van der Waals surface area contributed by atoms with Gasteiger partial charge in [0.15, 0.2) is 11.6 Å². The Balaban J connectivity index is 1.67. The molecule has 0 radical (unpaired) electrons. The molecule has 2 atom stereocenters. The molecule has 1 aromatic carbocycles. The summed E-state index contributed by atoms with van der Waals surface area (Å²) in [4.78, 5) is 9.72. The zero-order valence-electron chi connectivity index (χ0n) is 15.0. The van der Waals surface area contributed by atoms with Gasteiger partial charge in [0.2, 0.25) is 0 Å². The molecule has 0 N–H and O–H groups in total. The smallest absolute Gasteiger partial charge is 0.172 e. The molecule has 1 saturated heterocycles. The van der Waals surface area contributed by atoms with E-state index in [9.17, 15) is 0 Å². The van der Waals surface area contributed by atoms with Gasteiger partial charge in [-0.1, -0.05) is 36.8 Å². The molecule has 0 saturated carbocycles. The molecule has 4 nitrogen and oxygen atoms in total. The third kappa shape index (κ3) is 3.64. The summed E-state index contributed by atoms with van der Waals surface area (Å²) in [6.45, 7) is 6.48. The molecule has 0 aliphatic carbocycles. The molecule has 0 amide bonds. The first kappa shape index (κ1) is 16.4. The number of pyridine rings is 1. The van der Waals surface area contributed by atoms with Crippen LogP contribution in [0.2, 0.25) is 0 Å². The van der Waals surface area contributed by atoms with Crippen molar-refractivity contribution in [2.75, 3.05) is 31.1 Å². The number of rotatable bonds is 4. The zero-order valence-corrected chi connectivity index (χ0v) is 15.0. The average Bonchev–Trinajstić information content (AvgIpc) is 2.67. The SMILES string of the molecule is CC1CN(C(CN2CCCCC2)c2ccccc2)c2ncccc2O1. The highest BCUT2D eigenvalue weighted by molar-refractivity contribution is 5.56. The molecule has 1 fully saturated rings. The lowest BCUT2D eigenvalue weighted by Gasteiger charge is -2.42. The van der Waals surface area contributed by atoms with Gasteiger partial charge in [0.1, 0.15) is 6.10 Å². The van der Waals surface area contributed by atoms with Gasteiger partial charge in [0.25, 0.3) is 0 Å². The van der Waals surface area contributed by atoms with E-state index < -0.39 is 0 Å². The standard InChI is InChI=1S/C21H27N3O/c1-17-15-24(21-20(25-17)11-8-12-22-21)19(18-9-4-2-5-10-18)16-23-13-6-3-7-14-23/h2,4-5,8-12,17,19H,3,6-7,13-16H2,1H3. The molecular weight excluding hydrogens is 310 g/mol. The third-order valence-electron chi connectivity index (χ3n) is 5.25.